The highest BCUT2D eigenvalue weighted by Crippen LogP contribution is 2.26. The Bertz CT molecular complexity index is 1030. The Balaban J connectivity index is 1.50. The molecular formula is C23H23N3O4. The lowest BCUT2D eigenvalue weighted by atomic mass is 10.1. The molecule has 4 rings (SSSR count). The highest BCUT2D eigenvalue weighted by atomic mass is 16.6. The molecule has 3 aromatic rings. The molecule has 1 aliphatic heterocycles. The van der Waals surface area contributed by atoms with Gasteiger partial charge in [-0.05, 0) is 24.3 Å². The Hall–Kier alpha value is -3.45. The quantitative estimate of drug-likeness (QED) is 0.477. The number of anilines is 1. The SMILES string of the molecule is CC(=O)OC(=O)C(Oc1ccccc1)N1CCN(c2ccnc3ccccc23)CC1. The summed E-state index contributed by atoms with van der Waals surface area (Å²) in [6.07, 6.45) is 0.836. The van der Waals surface area contributed by atoms with E-state index in [9.17, 15) is 9.59 Å². The van der Waals surface area contributed by atoms with Crippen molar-refractivity contribution >= 4 is 28.5 Å². The maximum atomic E-state index is 12.6. The van der Waals surface area contributed by atoms with Crippen LogP contribution >= 0.6 is 0 Å². The topological polar surface area (TPSA) is 72.0 Å². The normalized spacial score (nSPS) is 15.6. The van der Waals surface area contributed by atoms with Crippen molar-refractivity contribution in [3.63, 3.8) is 0 Å². The van der Waals surface area contributed by atoms with E-state index < -0.39 is 18.2 Å². The summed E-state index contributed by atoms with van der Waals surface area (Å²) in [6, 6.07) is 19.1. The fourth-order valence-electron chi connectivity index (χ4n) is 3.65. The third-order valence-electron chi connectivity index (χ3n) is 5.05. The van der Waals surface area contributed by atoms with Gasteiger partial charge >= 0.3 is 11.9 Å². The highest BCUT2D eigenvalue weighted by Gasteiger charge is 2.33. The van der Waals surface area contributed by atoms with E-state index in [1.54, 1.807) is 12.1 Å². The van der Waals surface area contributed by atoms with Crippen LogP contribution in [0.5, 0.6) is 5.75 Å². The summed E-state index contributed by atoms with van der Waals surface area (Å²) in [6.45, 7) is 3.79. The number of benzene rings is 2. The van der Waals surface area contributed by atoms with Gasteiger partial charge in [0.15, 0.2) is 0 Å². The monoisotopic (exact) mass is 405 g/mol. The summed E-state index contributed by atoms with van der Waals surface area (Å²) in [5.74, 6) is -0.803. The van der Waals surface area contributed by atoms with Gasteiger partial charge in [-0.2, -0.15) is 0 Å². The predicted molar refractivity (Wildman–Crippen MR) is 113 cm³/mol. The van der Waals surface area contributed by atoms with Crippen molar-refractivity contribution in [3.8, 4) is 5.75 Å². The Morgan fingerprint density at radius 2 is 1.63 bits per heavy atom. The summed E-state index contributed by atoms with van der Waals surface area (Å²) in [5, 5.41) is 1.10. The summed E-state index contributed by atoms with van der Waals surface area (Å²) in [5.41, 5.74) is 2.07. The minimum absolute atomic E-state index is 0.547. The first-order valence-electron chi connectivity index (χ1n) is 9.88. The van der Waals surface area contributed by atoms with Gasteiger partial charge in [-0.1, -0.05) is 36.4 Å². The molecule has 0 radical (unpaired) electrons. The molecule has 0 aliphatic carbocycles. The van der Waals surface area contributed by atoms with Gasteiger partial charge in [0.1, 0.15) is 5.75 Å². The third kappa shape index (κ3) is 4.41. The van der Waals surface area contributed by atoms with Crippen LogP contribution in [0.25, 0.3) is 10.9 Å². The molecule has 1 aromatic heterocycles. The lowest BCUT2D eigenvalue weighted by molar-refractivity contribution is -0.170. The molecule has 0 saturated carbocycles. The Morgan fingerprint density at radius 3 is 2.37 bits per heavy atom. The van der Waals surface area contributed by atoms with E-state index in [2.05, 4.69) is 16.0 Å². The molecule has 7 heteroatoms. The van der Waals surface area contributed by atoms with Crippen LogP contribution in [0.3, 0.4) is 0 Å². The average molecular weight is 405 g/mol. The number of rotatable bonds is 5. The van der Waals surface area contributed by atoms with Gasteiger partial charge in [0.25, 0.3) is 6.23 Å². The van der Waals surface area contributed by atoms with E-state index in [-0.39, 0.29) is 0 Å². The van der Waals surface area contributed by atoms with Crippen molar-refractivity contribution in [3.05, 3.63) is 66.9 Å². The number of carbonyl (C=O) groups is 2. The number of hydrogen-bond acceptors (Lipinski definition) is 7. The van der Waals surface area contributed by atoms with Crippen LogP contribution < -0.4 is 9.64 Å². The molecule has 0 amide bonds. The fourth-order valence-corrected chi connectivity index (χ4v) is 3.65. The number of nitrogens with zero attached hydrogens (tertiary/aromatic N) is 3. The number of aromatic nitrogens is 1. The largest absolute Gasteiger partial charge is 0.464 e. The summed E-state index contributed by atoms with van der Waals surface area (Å²) in [4.78, 5) is 32.5. The Morgan fingerprint density at radius 1 is 0.933 bits per heavy atom. The van der Waals surface area contributed by atoms with Crippen molar-refractivity contribution in [1.82, 2.24) is 9.88 Å². The smallest absolute Gasteiger partial charge is 0.370 e. The van der Waals surface area contributed by atoms with Crippen LogP contribution in [0.4, 0.5) is 5.69 Å². The molecule has 0 N–H and O–H groups in total. The molecule has 1 saturated heterocycles. The van der Waals surface area contributed by atoms with E-state index >= 15 is 0 Å². The van der Waals surface area contributed by atoms with Gasteiger partial charge < -0.3 is 14.4 Å². The van der Waals surface area contributed by atoms with Crippen LogP contribution in [-0.2, 0) is 14.3 Å². The van der Waals surface area contributed by atoms with Crippen molar-refractivity contribution in [2.75, 3.05) is 31.1 Å². The molecule has 0 spiro atoms. The zero-order chi connectivity index (χ0) is 20.9. The first-order valence-corrected chi connectivity index (χ1v) is 9.88. The molecule has 1 fully saturated rings. The Kier molecular flexibility index (Phi) is 5.90. The van der Waals surface area contributed by atoms with Crippen molar-refractivity contribution < 1.29 is 19.1 Å². The highest BCUT2D eigenvalue weighted by molar-refractivity contribution is 5.91. The second-order valence-corrected chi connectivity index (χ2v) is 7.07. The molecular weight excluding hydrogens is 382 g/mol. The summed E-state index contributed by atoms with van der Waals surface area (Å²) >= 11 is 0. The van der Waals surface area contributed by atoms with Crippen LogP contribution in [0.1, 0.15) is 6.92 Å². The molecule has 30 heavy (non-hydrogen) atoms. The van der Waals surface area contributed by atoms with Crippen LogP contribution in [0.2, 0.25) is 0 Å². The first kappa shape index (κ1) is 19.8. The molecule has 1 atom stereocenters. The number of para-hydroxylation sites is 2. The van der Waals surface area contributed by atoms with E-state index in [4.69, 9.17) is 9.47 Å². The van der Waals surface area contributed by atoms with Gasteiger partial charge in [0, 0.05) is 50.4 Å². The number of esters is 2. The second kappa shape index (κ2) is 8.92. The van der Waals surface area contributed by atoms with Gasteiger partial charge in [-0.25, -0.2) is 4.79 Å². The van der Waals surface area contributed by atoms with E-state index in [0.29, 0.717) is 31.9 Å². The summed E-state index contributed by atoms with van der Waals surface area (Å²) < 4.78 is 10.7. The van der Waals surface area contributed by atoms with Gasteiger partial charge in [-0.3, -0.25) is 14.7 Å². The molecule has 2 aromatic carbocycles. The average Bonchev–Trinajstić information content (AvgIpc) is 2.77. The van der Waals surface area contributed by atoms with E-state index in [0.717, 1.165) is 16.6 Å². The molecule has 1 unspecified atom stereocenters. The van der Waals surface area contributed by atoms with Gasteiger partial charge in [0.2, 0.25) is 0 Å². The van der Waals surface area contributed by atoms with Crippen molar-refractivity contribution in [2.45, 2.75) is 13.2 Å². The maximum absolute atomic E-state index is 12.6. The minimum atomic E-state index is -0.979. The fraction of sp³-hybridized carbons (Fsp3) is 0.261. The lowest BCUT2D eigenvalue weighted by Gasteiger charge is -2.39. The molecule has 0 bridgehead atoms. The van der Waals surface area contributed by atoms with E-state index in [1.807, 2.05) is 53.6 Å². The van der Waals surface area contributed by atoms with Crippen LogP contribution in [0.15, 0.2) is 66.9 Å². The molecule has 154 valence electrons. The zero-order valence-electron chi connectivity index (χ0n) is 16.7. The maximum Gasteiger partial charge on any atom is 0.370 e. The van der Waals surface area contributed by atoms with Gasteiger partial charge in [0.05, 0.1) is 5.52 Å². The molecule has 1 aliphatic rings. The number of carbonyl (C=O) groups excluding carboxylic acids is 2. The van der Waals surface area contributed by atoms with Crippen molar-refractivity contribution in [1.29, 1.82) is 0 Å². The molecule has 7 nitrogen and oxygen atoms in total. The minimum Gasteiger partial charge on any atom is -0.464 e. The number of ether oxygens (including phenoxy) is 2. The van der Waals surface area contributed by atoms with Crippen LogP contribution in [0, 0.1) is 0 Å². The number of hydrogen-bond donors (Lipinski definition) is 0. The Labute approximate surface area is 174 Å². The van der Waals surface area contributed by atoms with Gasteiger partial charge in [-0.15, -0.1) is 0 Å². The number of piperazine rings is 1. The predicted octanol–water partition coefficient (Wildman–Crippen LogP) is 2.85. The van der Waals surface area contributed by atoms with Crippen molar-refractivity contribution in [2.24, 2.45) is 0 Å². The third-order valence-corrected chi connectivity index (χ3v) is 5.05. The zero-order valence-corrected chi connectivity index (χ0v) is 16.7. The standard InChI is InChI=1S/C23H23N3O4/c1-17(27)29-23(28)22(30-18-7-3-2-4-8-18)26-15-13-25(14-16-26)21-11-12-24-20-10-6-5-9-19(20)21/h2-12,22H,13-16H2,1H3. The first-order chi connectivity index (χ1) is 14.6. The lowest BCUT2D eigenvalue weighted by Crippen LogP contribution is -2.55. The second-order valence-electron chi connectivity index (χ2n) is 7.07. The summed E-state index contributed by atoms with van der Waals surface area (Å²) in [7, 11) is 0. The molecule has 2 heterocycles. The number of pyridine rings is 1. The van der Waals surface area contributed by atoms with E-state index in [1.165, 1.54) is 6.92 Å². The number of fused-ring (bicyclic) bond motifs is 1. The van der Waals surface area contributed by atoms with Crippen LogP contribution in [-0.4, -0.2) is 54.2 Å².